The Labute approximate surface area is 111 Å². The predicted molar refractivity (Wildman–Crippen MR) is 67.6 cm³/mol. The Morgan fingerprint density at radius 1 is 1.56 bits per heavy atom. The largest absolute Gasteiger partial charge is 0.478 e. The Morgan fingerprint density at radius 3 is 2.89 bits per heavy atom. The van der Waals surface area contributed by atoms with Crippen molar-refractivity contribution in [3.05, 3.63) is 46.2 Å². The number of carboxylic acid groups (broad SMARTS) is 1. The van der Waals surface area contributed by atoms with Crippen LogP contribution in [-0.2, 0) is 6.42 Å². The highest BCUT2D eigenvalue weighted by molar-refractivity contribution is 9.10. The third-order valence-corrected chi connectivity index (χ3v) is 3.36. The zero-order chi connectivity index (χ0) is 13.3. The van der Waals surface area contributed by atoms with Crippen molar-refractivity contribution in [3.8, 4) is 5.69 Å². The average Bonchev–Trinajstić information content (AvgIpc) is 2.80. The van der Waals surface area contributed by atoms with Gasteiger partial charge in [-0.3, -0.25) is 0 Å². The number of carbonyl (C=O) groups is 1. The molecule has 1 aromatic heterocycles. The summed E-state index contributed by atoms with van der Waals surface area (Å²) in [6, 6.07) is 2.80. The fourth-order valence-corrected chi connectivity index (χ4v) is 2.21. The van der Waals surface area contributed by atoms with Crippen molar-refractivity contribution in [2.75, 3.05) is 0 Å². The van der Waals surface area contributed by atoms with E-state index in [0.717, 1.165) is 0 Å². The highest BCUT2D eigenvalue weighted by Crippen LogP contribution is 2.27. The molecule has 1 N–H and O–H groups in total. The van der Waals surface area contributed by atoms with E-state index in [1.54, 1.807) is 17.0 Å². The van der Waals surface area contributed by atoms with Gasteiger partial charge >= 0.3 is 5.97 Å². The number of hydrogen-bond acceptors (Lipinski definition) is 2. The third kappa shape index (κ3) is 2.03. The van der Waals surface area contributed by atoms with Gasteiger partial charge in [-0.25, -0.2) is 14.2 Å². The molecule has 0 atom stereocenters. The fraction of sp³-hybridized carbons (Fsp3) is 0.167. The lowest BCUT2D eigenvalue weighted by molar-refractivity contribution is 0.0695. The molecule has 0 amide bonds. The number of carboxylic acids is 1. The summed E-state index contributed by atoms with van der Waals surface area (Å²) in [4.78, 5) is 15.0. The molecule has 6 heteroatoms. The van der Waals surface area contributed by atoms with Gasteiger partial charge in [-0.15, -0.1) is 0 Å². The number of benzene rings is 1. The first-order valence-corrected chi connectivity index (χ1v) is 6.09. The van der Waals surface area contributed by atoms with Gasteiger partial charge in [0, 0.05) is 18.8 Å². The molecule has 0 aliphatic heterocycles. The molecule has 0 fully saturated rings. The summed E-state index contributed by atoms with van der Waals surface area (Å²) in [6.07, 6.45) is 3.88. The molecular weight excluding hydrogens is 303 g/mol. The minimum absolute atomic E-state index is 0.0525. The van der Waals surface area contributed by atoms with Crippen molar-refractivity contribution in [1.82, 2.24) is 9.55 Å². The SMILES string of the molecule is CCc1nccn1-c1ccc(C(=O)O)c(Br)c1F. The Kier molecular flexibility index (Phi) is 3.47. The number of aromatic nitrogens is 2. The van der Waals surface area contributed by atoms with Crippen molar-refractivity contribution in [2.45, 2.75) is 13.3 Å². The van der Waals surface area contributed by atoms with Crippen molar-refractivity contribution >= 4 is 21.9 Å². The van der Waals surface area contributed by atoms with Gasteiger partial charge in [-0.2, -0.15) is 0 Å². The molecule has 2 aromatic rings. The second-order valence-electron chi connectivity index (χ2n) is 3.63. The maximum absolute atomic E-state index is 14.1. The van der Waals surface area contributed by atoms with E-state index in [2.05, 4.69) is 20.9 Å². The number of hydrogen-bond donors (Lipinski definition) is 1. The Bertz CT molecular complexity index is 610. The molecule has 18 heavy (non-hydrogen) atoms. The molecule has 2 rings (SSSR count). The van der Waals surface area contributed by atoms with Crippen LogP contribution in [0.5, 0.6) is 0 Å². The molecule has 1 aromatic carbocycles. The van der Waals surface area contributed by atoms with Gasteiger partial charge in [0.15, 0.2) is 5.82 Å². The first-order chi connectivity index (χ1) is 8.56. The van der Waals surface area contributed by atoms with Gasteiger partial charge in [0.1, 0.15) is 5.82 Å². The lowest BCUT2D eigenvalue weighted by Gasteiger charge is -2.10. The number of nitrogens with zero attached hydrogens (tertiary/aromatic N) is 2. The van der Waals surface area contributed by atoms with Crippen LogP contribution in [0.25, 0.3) is 5.69 Å². The summed E-state index contributed by atoms with van der Waals surface area (Å²) in [5.41, 5.74) is 0.177. The molecule has 0 spiro atoms. The molecule has 0 saturated heterocycles. The van der Waals surface area contributed by atoms with Gasteiger partial charge in [0.2, 0.25) is 0 Å². The second kappa shape index (κ2) is 4.89. The summed E-state index contributed by atoms with van der Waals surface area (Å²) in [5, 5.41) is 8.90. The van der Waals surface area contributed by atoms with Crippen LogP contribution in [0.4, 0.5) is 4.39 Å². The summed E-state index contributed by atoms with van der Waals surface area (Å²) < 4.78 is 15.7. The molecule has 94 valence electrons. The molecule has 0 unspecified atom stereocenters. The third-order valence-electron chi connectivity index (χ3n) is 2.59. The normalized spacial score (nSPS) is 10.6. The molecular formula is C12H10BrFN2O2. The number of rotatable bonds is 3. The first kappa shape index (κ1) is 12.8. The zero-order valence-corrected chi connectivity index (χ0v) is 11.1. The molecule has 0 aliphatic rings. The maximum Gasteiger partial charge on any atom is 0.336 e. The van der Waals surface area contributed by atoms with E-state index in [1.165, 1.54) is 12.1 Å². The van der Waals surface area contributed by atoms with Crippen molar-refractivity contribution in [3.63, 3.8) is 0 Å². The van der Waals surface area contributed by atoms with Crippen LogP contribution in [0.3, 0.4) is 0 Å². The van der Waals surface area contributed by atoms with E-state index in [9.17, 15) is 9.18 Å². The Morgan fingerprint density at radius 2 is 2.28 bits per heavy atom. The summed E-state index contributed by atoms with van der Waals surface area (Å²) in [7, 11) is 0. The number of aryl methyl sites for hydroxylation is 1. The van der Waals surface area contributed by atoms with Gasteiger partial charge in [-0.05, 0) is 28.1 Å². The summed E-state index contributed by atoms with van der Waals surface area (Å²) in [6.45, 7) is 1.91. The smallest absolute Gasteiger partial charge is 0.336 e. The van der Waals surface area contributed by atoms with E-state index in [0.29, 0.717) is 12.2 Å². The number of halogens is 2. The highest BCUT2D eigenvalue weighted by atomic mass is 79.9. The van der Waals surface area contributed by atoms with Crippen LogP contribution in [0.1, 0.15) is 23.1 Å². The molecule has 0 saturated carbocycles. The minimum atomic E-state index is -1.17. The monoisotopic (exact) mass is 312 g/mol. The lowest BCUT2D eigenvalue weighted by atomic mass is 10.2. The van der Waals surface area contributed by atoms with E-state index in [4.69, 9.17) is 5.11 Å². The molecule has 0 aliphatic carbocycles. The quantitative estimate of drug-likeness (QED) is 0.947. The summed E-state index contributed by atoms with van der Waals surface area (Å²) >= 11 is 2.97. The highest BCUT2D eigenvalue weighted by Gasteiger charge is 2.17. The van der Waals surface area contributed by atoms with E-state index < -0.39 is 11.8 Å². The molecule has 0 bridgehead atoms. The number of imidazole rings is 1. The van der Waals surface area contributed by atoms with E-state index in [1.807, 2.05) is 6.92 Å². The van der Waals surface area contributed by atoms with Crippen molar-refractivity contribution in [2.24, 2.45) is 0 Å². The standard InChI is InChI=1S/C12H10BrFN2O2/c1-2-9-15-5-6-16(9)8-4-3-7(12(17)18)10(13)11(8)14/h3-6H,2H2,1H3,(H,17,18). The van der Waals surface area contributed by atoms with E-state index in [-0.39, 0.29) is 15.7 Å². The predicted octanol–water partition coefficient (Wildman–Crippen LogP) is 3.03. The van der Waals surface area contributed by atoms with Gasteiger partial charge in [0.05, 0.1) is 15.7 Å². The van der Waals surface area contributed by atoms with Crippen LogP contribution < -0.4 is 0 Å². The van der Waals surface area contributed by atoms with Crippen molar-refractivity contribution in [1.29, 1.82) is 0 Å². The van der Waals surface area contributed by atoms with Crippen LogP contribution in [0.15, 0.2) is 29.0 Å². The van der Waals surface area contributed by atoms with Crippen LogP contribution in [0, 0.1) is 5.82 Å². The zero-order valence-electron chi connectivity index (χ0n) is 9.52. The molecule has 4 nitrogen and oxygen atoms in total. The Hall–Kier alpha value is -1.69. The van der Waals surface area contributed by atoms with E-state index >= 15 is 0 Å². The van der Waals surface area contributed by atoms with Gasteiger partial charge in [0.25, 0.3) is 0 Å². The Balaban J connectivity index is 2.61. The number of aromatic carboxylic acids is 1. The first-order valence-electron chi connectivity index (χ1n) is 5.30. The summed E-state index contributed by atoms with van der Waals surface area (Å²) in [5.74, 6) is -1.07. The van der Waals surface area contributed by atoms with Gasteiger partial charge in [-0.1, -0.05) is 6.92 Å². The van der Waals surface area contributed by atoms with Gasteiger partial charge < -0.3 is 9.67 Å². The molecule has 0 radical (unpaired) electrons. The minimum Gasteiger partial charge on any atom is -0.478 e. The van der Waals surface area contributed by atoms with Crippen LogP contribution >= 0.6 is 15.9 Å². The van der Waals surface area contributed by atoms with Crippen LogP contribution in [-0.4, -0.2) is 20.6 Å². The fourth-order valence-electron chi connectivity index (χ4n) is 1.71. The van der Waals surface area contributed by atoms with Crippen molar-refractivity contribution < 1.29 is 14.3 Å². The lowest BCUT2D eigenvalue weighted by Crippen LogP contribution is -2.06. The molecule has 1 heterocycles. The average molecular weight is 313 g/mol. The second-order valence-corrected chi connectivity index (χ2v) is 4.43. The maximum atomic E-state index is 14.1. The van der Waals surface area contributed by atoms with Crippen LogP contribution in [0.2, 0.25) is 0 Å². The topological polar surface area (TPSA) is 55.1 Å².